The van der Waals surface area contributed by atoms with Gasteiger partial charge in [0.2, 0.25) is 0 Å². The van der Waals surface area contributed by atoms with Gasteiger partial charge in [-0.05, 0) is 31.6 Å². The molecule has 0 bridgehead atoms. The number of hydrogen-bond donors (Lipinski definition) is 3. The van der Waals surface area contributed by atoms with E-state index in [0.29, 0.717) is 31.6 Å². The molecule has 2 unspecified atom stereocenters. The van der Waals surface area contributed by atoms with Crippen LogP contribution in [0.5, 0.6) is 0 Å². The molecule has 0 saturated carbocycles. The highest BCUT2D eigenvalue weighted by atomic mass is 31.2. The van der Waals surface area contributed by atoms with Crippen LogP contribution in [-0.4, -0.2) is 96.7 Å². The van der Waals surface area contributed by atoms with E-state index in [9.17, 15) is 43.2 Å². The van der Waals surface area contributed by atoms with E-state index in [0.717, 1.165) is 96.3 Å². The molecule has 0 heterocycles. The summed E-state index contributed by atoms with van der Waals surface area (Å²) < 4.78 is 68.8. The van der Waals surface area contributed by atoms with Gasteiger partial charge in [0.25, 0.3) is 0 Å². The highest BCUT2D eigenvalue weighted by Crippen LogP contribution is 2.45. The Balaban J connectivity index is 5.21. The van der Waals surface area contributed by atoms with E-state index in [-0.39, 0.29) is 25.7 Å². The maximum absolute atomic E-state index is 13.1. The molecular weight excluding hydrogens is 1330 g/mol. The number of esters is 4. The van der Waals surface area contributed by atoms with Gasteiger partial charge >= 0.3 is 39.5 Å². The lowest BCUT2D eigenvalue weighted by atomic mass is 10.0. The van der Waals surface area contributed by atoms with Crippen molar-refractivity contribution in [3.8, 4) is 0 Å². The van der Waals surface area contributed by atoms with E-state index < -0.39 is 97.5 Å². The first kappa shape index (κ1) is 100. The second kappa shape index (κ2) is 75.9. The third-order valence-corrected chi connectivity index (χ3v) is 21.4. The van der Waals surface area contributed by atoms with E-state index in [2.05, 4.69) is 34.6 Å². The highest BCUT2D eigenvalue weighted by Gasteiger charge is 2.30. The number of rotatable bonds is 83. The summed E-state index contributed by atoms with van der Waals surface area (Å²) in [5.74, 6) is -1.40. The molecule has 0 aromatic carbocycles. The number of phosphoric ester groups is 2. The molecule has 0 spiro atoms. The Kier molecular flexibility index (Phi) is 74.4. The predicted molar refractivity (Wildman–Crippen MR) is 418 cm³/mol. The zero-order valence-corrected chi connectivity index (χ0v) is 68.5. The van der Waals surface area contributed by atoms with E-state index in [4.69, 9.17) is 37.0 Å². The summed E-state index contributed by atoms with van der Waals surface area (Å²) in [6.07, 6.45) is 68.2. The van der Waals surface area contributed by atoms with Crippen molar-refractivity contribution in [3.63, 3.8) is 0 Å². The van der Waals surface area contributed by atoms with Gasteiger partial charge in [0.05, 0.1) is 26.4 Å². The normalized spacial score (nSPS) is 13.8. The van der Waals surface area contributed by atoms with Crippen molar-refractivity contribution in [2.45, 2.75) is 464 Å². The molecule has 102 heavy (non-hydrogen) atoms. The number of ether oxygens (including phenoxy) is 4. The fourth-order valence-corrected chi connectivity index (χ4v) is 14.5. The Morgan fingerprint density at radius 3 is 0.667 bits per heavy atom. The molecule has 17 nitrogen and oxygen atoms in total. The van der Waals surface area contributed by atoms with Crippen molar-refractivity contribution in [1.29, 1.82) is 0 Å². The first-order chi connectivity index (χ1) is 49.5. The molecule has 0 radical (unpaired) electrons. The molecule has 0 aliphatic heterocycles. The maximum Gasteiger partial charge on any atom is 0.472 e. The molecule has 606 valence electrons. The molecule has 0 aliphatic carbocycles. The first-order valence-corrected chi connectivity index (χ1v) is 46.1. The average Bonchev–Trinajstić information content (AvgIpc) is 0.920. The quantitative estimate of drug-likeness (QED) is 0.0222. The zero-order chi connectivity index (χ0) is 74.8. The lowest BCUT2D eigenvalue weighted by Crippen LogP contribution is -2.30. The van der Waals surface area contributed by atoms with Crippen LogP contribution in [0.1, 0.15) is 446 Å². The Morgan fingerprint density at radius 1 is 0.265 bits per heavy atom. The molecule has 0 aromatic heterocycles. The van der Waals surface area contributed by atoms with Crippen LogP contribution < -0.4 is 0 Å². The fraction of sp³-hybridized carbons (Fsp3) is 0.952. The van der Waals surface area contributed by atoms with Gasteiger partial charge in [0.15, 0.2) is 12.2 Å². The van der Waals surface area contributed by atoms with Gasteiger partial charge in [-0.1, -0.05) is 394 Å². The Morgan fingerprint density at radius 2 is 0.451 bits per heavy atom. The standard InChI is InChI=1S/C83H162O17P2/c1-6-9-12-15-18-21-24-27-30-32-33-34-35-36-37-39-42-45-48-53-59-64-69-82(87)99-78(72-93-80(85)66-61-56-51-46-43-41-38-31-28-25-22-19-16-13-10-7-2)74-97-101(89,90)95-70-77(84)71-96-102(91,92)98-75-79(73-94-81(86)67-62-57-54-49-50-55-60-65-76(4)5)100-83(88)68-63-58-52-47-44-40-29-26-23-20-17-14-11-8-3/h76-79,84H,6-75H2,1-5H3,(H,89,90)(H,91,92)/t77-,78-,79-/m1/s1. The van der Waals surface area contributed by atoms with Crippen molar-refractivity contribution in [2.24, 2.45) is 5.92 Å². The summed E-state index contributed by atoms with van der Waals surface area (Å²) in [6.45, 7) is 7.29. The monoisotopic (exact) mass is 1490 g/mol. The Hall–Kier alpha value is -1.94. The maximum atomic E-state index is 13.1. The van der Waals surface area contributed by atoms with Crippen LogP contribution in [0.25, 0.3) is 0 Å². The predicted octanol–water partition coefficient (Wildman–Crippen LogP) is 25.2. The molecule has 0 aromatic rings. The molecule has 0 rings (SSSR count). The summed E-state index contributed by atoms with van der Waals surface area (Å²) in [6, 6.07) is 0. The van der Waals surface area contributed by atoms with Crippen LogP contribution in [0.2, 0.25) is 0 Å². The van der Waals surface area contributed by atoms with Crippen LogP contribution in [-0.2, 0) is 65.4 Å². The second-order valence-corrected chi connectivity index (χ2v) is 33.3. The van der Waals surface area contributed by atoms with E-state index in [1.807, 2.05) is 0 Å². The first-order valence-electron chi connectivity index (χ1n) is 43.1. The SMILES string of the molecule is CCCCCCCCCCCCCCCCCCCCCCCCC(=O)O[C@H](COC(=O)CCCCCCCCCCCCCCCCCC)COP(=O)(O)OC[C@@H](O)COP(=O)(O)OC[C@@H](COC(=O)CCCCCCCCCC(C)C)OC(=O)CCCCCCCCCCCCCCCC. The minimum absolute atomic E-state index is 0.108. The van der Waals surface area contributed by atoms with Gasteiger partial charge in [-0.2, -0.15) is 0 Å². The zero-order valence-electron chi connectivity index (χ0n) is 66.8. The minimum atomic E-state index is -4.96. The lowest BCUT2D eigenvalue weighted by molar-refractivity contribution is -0.161. The van der Waals surface area contributed by atoms with Crippen LogP contribution >= 0.6 is 15.6 Å². The lowest BCUT2D eigenvalue weighted by Gasteiger charge is -2.21. The molecule has 3 N–H and O–H groups in total. The molecule has 0 fully saturated rings. The number of hydrogen-bond acceptors (Lipinski definition) is 15. The van der Waals surface area contributed by atoms with Crippen LogP contribution in [0.3, 0.4) is 0 Å². The minimum Gasteiger partial charge on any atom is -0.462 e. The van der Waals surface area contributed by atoms with Gasteiger partial charge in [0.1, 0.15) is 19.3 Å². The summed E-state index contributed by atoms with van der Waals surface area (Å²) in [7, 11) is -9.92. The van der Waals surface area contributed by atoms with E-state index in [1.54, 1.807) is 0 Å². The van der Waals surface area contributed by atoms with Gasteiger partial charge in [-0.15, -0.1) is 0 Å². The number of aliphatic hydroxyl groups excluding tert-OH is 1. The van der Waals surface area contributed by atoms with Crippen molar-refractivity contribution in [1.82, 2.24) is 0 Å². The van der Waals surface area contributed by atoms with Crippen LogP contribution in [0.4, 0.5) is 0 Å². The van der Waals surface area contributed by atoms with Gasteiger partial charge in [-0.3, -0.25) is 37.3 Å². The fourth-order valence-electron chi connectivity index (χ4n) is 12.9. The molecule has 0 aliphatic rings. The summed E-state index contributed by atoms with van der Waals surface area (Å²) in [4.78, 5) is 73.1. The number of carbonyl (C=O) groups excluding carboxylic acids is 4. The molecule has 19 heteroatoms. The van der Waals surface area contributed by atoms with E-state index in [1.165, 1.54) is 263 Å². The average molecular weight is 1490 g/mol. The topological polar surface area (TPSA) is 237 Å². The van der Waals surface area contributed by atoms with Crippen molar-refractivity contribution >= 4 is 39.5 Å². The Labute approximate surface area is 626 Å². The third-order valence-electron chi connectivity index (χ3n) is 19.5. The third kappa shape index (κ3) is 76.3. The van der Waals surface area contributed by atoms with Crippen LogP contribution in [0.15, 0.2) is 0 Å². The molecule has 0 amide bonds. The van der Waals surface area contributed by atoms with E-state index >= 15 is 0 Å². The second-order valence-electron chi connectivity index (χ2n) is 30.3. The largest absolute Gasteiger partial charge is 0.472 e. The summed E-state index contributed by atoms with van der Waals surface area (Å²) >= 11 is 0. The number of carbonyl (C=O) groups is 4. The van der Waals surface area contributed by atoms with Crippen molar-refractivity contribution in [3.05, 3.63) is 0 Å². The number of phosphoric acid groups is 2. The smallest absolute Gasteiger partial charge is 0.462 e. The Bertz CT molecular complexity index is 1940. The van der Waals surface area contributed by atoms with Gasteiger partial charge < -0.3 is 33.8 Å². The molecule has 5 atom stereocenters. The number of aliphatic hydroxyl groups is 1. The van der Waals surface area contributed by atoms with Crippen molar-refractivity contribution in [2.75, 3.05) is 39.6 Å². The molecule has 0 saturated heterocycles. The highest BCUT2D eigenvalue weighted by molar-refractivity contribution is 7.47. The summed E-state index contributed by atoms with van der Waals surface area (Å²) in [5.41, 5.74) is 0. The summed E-state index contributed by atoms with van der Waals surface area (Å²) in [5, 5.41) is 10.7. The number of unbranched alkanes of at least 4 members (excludes halogenated alkanes) is 55. The van der Waals surface area contributed by atoms with Gasteiger partial charge in [-0.25, -0.2) is 9.13 Å². The van der Waals surface area contributed by atoms with Crippen LogP contribution in [0, 0.1) is 5.92 Å². The van der Waals surface area contributed by atoms with Gasteiger partial charge in [0, 0.05) is 25.7 Å². The molecular formula is C83H162O17P2. The van der Waals surface area contributed by atoms with Crippen molar-refractivity contribution < 1.29 is 80.2 Å².